The number of rotatable bonds is 8. The minimum Gasteiger partial charge on any atom is -0.493 e. The van der Waals surface area contributed by atoms with Gasteiger partial charge in [-0.05, 0) is 36.2 Å². The molecule has 2 aromatic carbocycles. The monoisotopic (exact) mass is 396 g/mol. The highest BCUT2D eigenvalue weighted by molar-refractivity contribution is 6.36. The maximum Gasteiger partial charge on any atom is 0.278 e. The fourth-order valence-corrected chi connectivity index (χ4v) is 3.19. The number of ether oxygens (including phenoxy) is 3. The van der Waals surface area contributed by atoms with E-state index in [-0.39, 0.29) is 36.2 Å². The molecule has 0 aromatic heterocycles. The van der Waals surface area contributed by atoms with Gasteiger partial charge in [-0.15, -0.1) is 0 Å². The van der Waals surface area contributed by atoms with Crippen LogP contribution in [0.5, 0.6) is 11.5 Å². The Hall–Kier alpha value is -3.32. The molecule has 29 heavy (non-hydrogen) atoms. The molecule has 0 saturated carbocycles. The van der Waals surface area contributed by atoms with Crippen LogP contribution in [0, 0.1) is 6.92 Å². The van der Waals surface area contributed by atoms with Crippen LogP contribution in [0.2, 0.25) is 0 Å². The first-order valence-corrected chi connectivity index (χ1v) is 9.16. The van der Waals surface area contributed by atoms with E-state index in [1.165, 1.54) is 19.1 Å². The third-order valence-electron chi connectivity index (χ3n) is 4.76. The van der Waals surface area contributed by atoms with Crippen LogP contribution in [-0.4, -0.2) is 51.2 Å². The van der Waals surface area contributed by atoms with E-state index < -0.39 is 0 Å². The highest BCUT2D eigenvalue weighted by Crippen LogP contribution is 2.35. The lowest BCUT2D eigenvalue weighted by Gasteiger charge is -2.15. The van der Waals surface area contributed by atoms with Crippen molar-refractivity contribution >= 4 is 23.1 Å². The summed E-state index contributed by atoms with van der Waals surface area (Å²) in [7, 11) is 4.59. The standard InChI is InChI=1S/C22H24N2O5/c1-14-7-5-6-8-16(14)23-20-19(21(25)24(22(20)26)11-12-27-2)15-9-10-17(28-3)18(13-15)29-4/h5-10,13,23H,11-12H2,1-4H3. The Morgan fingerprint density at radius 1 is 0.931 bits per heavy atom. The number of nitrogens with zero attached hydrogens (tertiary/aromatic N) is 1. The molecular weight excluding hydrogens is 372 g/mol. The lowest BCUT2D eigenvalue weighted by Crippen LogP contribution is -2.35. The summed E-state index contributed by atoms with van der Waals surface area (Å²) in [6.07, 6.45) is 0. The van der Waals surface area contributed by atoms with Gasteiger partial charge in [-0.2, -0.15) is 0 Å². The van der Waals surface area contributed by atoms with E-state index in [4.69, 9.17) is 14.2 Å². The Balaban J connectivity index is 2.10. The molecule has 0 spiro atoms. The minimum absolute atomic E-state index is 0.171. The smallest absolute Gasteiger partial charge is 0.278 e. The number of imide groups is 1. The van der Waals surface area contributed by atoms with E-state index in [1.807, 2.05) is 31.2 Å². The maximum atomic E-state index is 13.1. The molecule has 7 nitrogen and oxygen atoms in total. The number of carbonyl (C=O) groups excluding carboxylic acids is 2. The molecule has 2 aromatic rings. The Morgan fingerprint density at radius 3 is 2.31 bits per heavy atom. The van der Waals surface area contributed by atoms with Crippen LogP contribution in [0.25, 0.3) is 5.57 Å². The predicted molar refractivity (Wildman–Crippen MR) is 110 cm³/mol. The number of hydrogen-bond donors (Lipinski definition) is 1. The van der Waals surface area contributed by atoms with Crippen LogP contribution in [0.15, 0.2) is 48.2 Å². The number of hydrogen-bond acceptors (Lipinski definition) is 6. The van der Waals surface area contributed by atoms with Crippen LogP contribution in [0.4, 0.5) is 5.69 Å². The van der Waals surface area contributed by atoms with E-state index in [2.05, 4.69) is 5.32 Å². The lowest BCUT2D eigenvalue weighted by molar-refractivity contribution is -0.137. The molecule has 0 saturated heterocycles. The number of amides is 2. The molecule has 0 atom stereocenters. The minimum atomic E-state index is -0.389. The fraction of sp³-hybridized carbons (Fsp3) is 0.273. The largest absolute Gasteiger partial charge is 0.493 e. The van der Waals surface area contributed by atoms with Gasteiger partial charge in [-0.25, -0.2) is 0 Å². The first-order chi connectivity index (χ1) is 14.0. The van der Waals surface area contributed by atoms with Crippen LogP contribution in [0.1, 0.15) is 11.1 Å². The van der Waals surface area contributed by atoms with Gasteiger partial charge in [0.05, 0.1) is 32.9 Å². The van der Waals surface area contributed by atoms with Crippen LogP contribution in [-0.2, 0) is 14.3 Å². The van der Waals surface area contributed by atoms with Crippen molar-refractivity contribution < 1.29 is 23.8 Å². The van der Waals surface area contributed by atoms with Crippen LogP contribution >= 0.6 is 0 Å². The molecule has 7 heteroatoms. The topological polar surface area (TPSA) is 77.1 Å². The van der Waals surface area contributed by atoms with Gasteiger partial charge in [0.2, 0.25) is 0 Å². The van der Waals surface area contributed by atoms with Crippen molar-refractivity contribution in [3.63, 3.8) is 0 Å². The Labute approximate surface area is 169 Å². The molecule has 0 unspecified atom stereocenters. The summed E-state index contributed by atoms with van der Waals surface area (Å²) in [6, 6.07) is 12.7. The Bertz CT molecular complexity index is 967. The van der Waals surface area contributed by atoms with Crippen molar-refractivity contribution in [1.29, 1.82) is 0 Å². The summed E-state index contributed by atoms with van der Waals surface area (Å²) < 4.78 is 15.7. The number of benzene rings is 2. The SMILES string of the molecule is COCCN1C(=O)C(Nc2ccccc2C)=C(c2ccc(OC)c(OC)c2)C1=O. The second-order valence-corrected chi connectivity index (χ2v) is 6.51. The fourth-order valence-electron chi connectivity index (χ4n) is 3.19. The summed E-state index contributed by atoms with van der Waals surface area (Å²) in [4.78, 5) is 27.4. The van der Waals surface area contributed by atoms with Crippen molar-refractivity contribution in [3.8, 4) is 11.5 Å². The first-order valence-electron chi connectivity index (χ1n) is 9.16. The molecule has 3 rings (SSSR count). The van der Waals surface area contributed by atoms with Gasteiger partial charge in [0.1, 0.15) is 5.70 Å². The van der Waals surface area contributed by atoms with Crippen molar-refractivity contribution in [2.75, 3.05) is 39.8 Å². The zero-order valence-corrected chi connectivity index (χ0v) is 16.9. The average molecular weight is 396 g/mol. The van der Waals surface area contributed by atoms with Gasteiger partial charge in [-0.3, -0.25) is 14.5 Å². The van der Waals surface area contributed by atoms with E-state index in [9.17, 15) is 9.59 Å². The Kier molecular flexibility index (Phi) is 6.19. The van der Waals surface area contributed by atoms with E-state index in [0.29, 0.717) is 17.1 Å². The van der Waals surface area contributed by atoms with Gasteiger partial charge in [0.25, 0.3) is 11.8 Å². The molecule has 0 bridgehead atoms. The van der Waals surface area contributed by atoms with E-state index >= 15 is 0 Å². The van der Waals surface area contributed by atoms with Crippen LogP contribution in [0.3, 0.4) is 0 Å². The van der Waals surface area contributed by atoms with Gasteiger partial charge in [-0.1, -0.05) is 24.3 Å². The zero-order valence-electron chi connectivity index (χ0n) is 16.9. The normalized spacial score (nSPS) is 13.9. The molecule has 0 aliphatic carbocycles. The third-order valence-corrected chi connectivity index (χ3v) is 4.76. The summed E-state index contributed by atoms with van der Waals surface area (Å²) in [5, 5.41) is 3.17. The molecule has 1 N–H and O–H groups in total. The van der Waals surface area contributed by atoms with Crippen molar-refractivity contribution in [1.82, 2.24) is 4.90 Å². The van der Waals surface area contributed by atoms with Gasteiger partial charge >= 0.3 is 0 Å². The summed E-state index contributed by atoms with van der Waals surface area (Å²) >= 11 is 0. The molecule has 0 radical (unpaired) electrons. The number of nitrogens with one attached hydrogen (secondary N) is 1. The van der Waals surface area contributed by atoms with E-state index in [0.717, 1.165) is 11.3 Å². The molecule has 152 valence electrons. The summed E-state index contributed by atoms with van der Waals surface area (Å²) in [5.41, 5.74) is 2.80. The third kappa shape index (κ3) is 3.95. The Morgan fingerprint density at radius 2 is 1.66 bits per heavy atom. The summed E-state index contributed by atoms with van der Waals surface area (Å²) in [5.74, 6) is 0.247. The average Bonchev–Trinajstić information content (AvgIpc) is 2.97. The maximum absolute atomic E-state index is 13.1. The van der Waals surface area contributed by atoms with E-state index in [1.54, 1.807) is 25.3 Å². The molecule has 1 aliphatic rings. The van der Waals surface area contributed by atoms with Gasteiger partial charge in [0.15, 0.2) is 11.5 Å². The lowest BCUT2D eigenvalue weighted by atomic mass is 10.0. The second kappa shape index (κ2) is 8.79. The van der Waals surface area contributed by atoms with Gasteiger partial charge < -0.3 is 19.5 Å². The van der Waals surface area contributed by atoms with Gasteiger partial charge in [0, 0.05) is 12.8 Å². The number of aryl methyl sites for hydroxylation is 1. The zero-order chi connectivity index (χ0) is 21.0. The molecular formula is C22H24N2O5. The van der Waals surface area contributed by atoms with Crippen molar-refractivity contribution in [2.24, 2.45) is 0 Å². The number of methoxy groups -OCH3 is 3. The number of carbonyl (C=O) groups is 2. The molecule has 1 aliphatic heterocycles. The second-order valence-electron chi connectivity index (χ2n) is 6.51. The predicted octanol–water partition coefficient (Wildman–Crippen LogP) is 2.85. The highest BCUT2D eigenvalue weighted by atomic mass is 16.5. The molecule has 0 fully saturated rings. The quantitative estimate of drug-likeness (QED) is 0.692. The van der Waals surface area contributed by atoms with Crippen LogP contribution < -0.4 is 14.8 Å². The first kappa shape index (κ1) is 20.4. The van der Waals surface area contributed by atoms with Crippen molar-refractivity contribution in [3.05, 3.63) is 59.3 Å². The highest BCUT2D eigenvalue weighted by Gasteiger charge is 2.39. The number of para-hydroxylation sites is 1. The molecule has 2 amide bonds. The summed E-state index contributed by atoms with van der Waals surface area (Å²) in [6.45, 7) is 2.36. The molecule has 1 heterocycles. The van der Waals surface area contributed by atoms with Crippen molar-refractivity contribution in [2.45, 2.75) is 6.92 Å². The number of anilines is 1.